The van der Waals surface area contributed by atoms with Crippen LogP contribution in [0.5, 0.6) is 0 Å². The van der Waals surface area contributed by atoms with Crippen LogP contribution in [-0.4, -0.2) is 12.1 Å². The van der Waals surface area contributed by atoms with Gasteiger partial charge in [0.15, 0.2) is 0 Å². The second-order valence-corrected chi connectivity index (χ2v) is 5.11. The third-order valence-corrected chi connectivity index (χ3v) is 3.11. The Morgan fingerprint density at radius 3 is 2.43 bits per heavy atom. The molecule has 1 rings (SSSR count). The lowest BCUT2D eigenvalue weighted by Gasteiger charge is -2.29. The van der Waals surface area contributed by atoms with Crippen molar-refractivity contribution in [3.8, 4) is 0 Å². The maximum atomic E-state index is 11.4. The number of hydrogen-bond donors (Lipinski definition) is 0. The van der Waals surface area contributed by atoms with Crippen LogP contribution in [0.2, 0.25) is 0 Å². The predicted molar refractivity (Wildman–Crippen MR) is 56.9 cm³/mol. The van der Waals surface area contributed by atoms with Crippen LogP contribution in [-0.2, 0) is 9.53 Å². The first-order valence-electron chi connectivity index (χ1n) is 5.21. The minimum Gasteiger partial charge on any atom is -0.458 e. The van der Waals surface area contributed by atoms with E-state index < -0.39 is 0 Å². The highest BCUT2D eigenvalue weighted by atomic mass is 16.5. The van der Waals surface area contributed by atoms with Gasteiger partial charge in [-0.15, -0.1) is 0 Å². The molecule has 0 saturated heterocycles. The number of rotatable bonds is 2. The fourth-order valence-electron chi connectivity index (χ4n) is 2.16. The first-order valence-corrected chi connectivity index (χ1v) is 5.21. The average Bonchev–Trinajstić information content (AvgIpc) is 2.31. The summed E-state index contributed by atoms with van der Waals surface area (Å²) in [6, 6.07) is 0. The van der Waals surface area contributed by atoms with Crippen molar-refractivity contribution in [2.75, 3.05) is 0 Å². The number of hydrogen-bond acceptors (Lipinski definition) is 2. The number of ether oxygens (including phenoxy) is 1. The summed E-state index contributed by atoms with van der Waals surface area (Å²) >= 11 is 0. The topological polar surface area (TPSA) is 26.3 Å². The third-order valence-electron chi connectivity index (χ3n) is 3.11. The molecule has 0 amide bonds. The van der Waals surface area contributed by atoms with Crippen LogP contribution in [0.15, 0.2) is 12.2 Å². The Kier molecular flexibility index (Phi) is 3.03. The zero-order chi connectivity index (χ0) is 10.9. The Hall–Kier alpha value is -0.790. The van der Waals surface area contributed by atoms with Gasteiger partial charge in [-0.25, -0.2) is 4.79 Å². The summed E-state index contributed by atoms with van der Waals surface area (Å²) in [7, 11) is 0. The molecule has 2 nitrogen and oxygen atoms in total. The molecule has 2 unspecified atom stereocenters. The van der Waals surface area contributed by atoms with Crippen molar-refractivity contribution in [3.63, 3.8) is 0 Å². The standard InChI is InChI=1S/C12H20O2/c1-8(2)11(13)14-10-9(3)6-7-12(10,4)5/h9-10H,1,6-7H2,2-5H3. The van der Waals surface area contributed by atoms with Crippen molar-refractivity contribution in [1.29, 1.82) is 0 Å². The first kappa shape index (κ1) is 11.3. The maximum absolute atomic E-state index is 11.4. The van der Waals surface area contributed by atoms with E-state index in [0.29, 0.717) is 11.5 Å². The third kappa shape index (κ3) is 2.17. The van der Waals surface area contributed by atoms with Crippen LogP contribution in [0.3, 0.4) is 0 Å². The molecule has 0 radical (unpaired) electrons. The molecule has 0 aromatic carbocycles. The van der Waals surface area contributed by atoms with Crippen molar-refractivity contribution >= 4 is 5.97 Å². The number of carbonyl (C=O) groups is 1. The maximum Gasteiger partial charge on any atom is 0.333 e. The van der Waals surface area contributed by atoms with Crippen LogP contribution in [0.25, 0.3) is 0 Å². The van der Waals surface area contributed by atoms with E-state index in [-0.39, 0.29) is 17.5 Å². The van der Waals surface area contributed by atoms with Gasteiger partial charge in [0.1, 0.15) is 6.10 Å². The second kappa shape index (κ2) is 3.76. The van der Waals surface area contributed by atoms with E-state index in [9.17, 15) is 4.79 Å². The van der Waals surface area contributed by atoms with E-state index in [0.717, 1.165) is 12.8 Å². The Bertz CT molecular complexity index is 253. The van der Waals surface area contributed by atoms with E-state index in [4.69, 9.17) is 4.74 Å². The Balaban J connectivity index is 2.67. The largest absolute Gasteiger partial charge is 0.458 e. The summed E-state index contributed by atoms with van der Waals surface area (Å²) < 4.78 is 5.46. The Morgan fingerprint density at radius 1 is 1.50 bits per heavy atom. The molecule has 0 aromatic rings. The van der Waals surface area contributed by atoms with Crippen molar-refractivity contribution in [1.82, 2.24) is 0 Å². The predicted octanol–water partition coefficient (Wildman–Crippen LogP) is 2.93. The molecular weight excluding hydrogens is 176 g/mol. The van der Waals surface area contributed by atoms with Gasteiger partial charge >= 0.3 is 5.97 Å². The molecule has 0 spiro atoms. The average molecular weight is 196 g/mol. The van der Waals surface area contributed by atoms with Crippen LogP contribution in [0.4, 0.5) is 0 Å². The zero-order valence-corrected chi connectivity index (χ0v) is 9.59. The van der Waals surface area contributed by atoms with Gasteiger partial charge in [0.25, 0.3) is 0 Å². The Labute approximate surface area is 86.3 Å². The minimum absolute atomic E-state index is 0.0479. The van der Waals surface area contributed by atoms with Gasteiger partial charge in [0.2, 0.25) is 0 Å². The van der Waals surface area contributed by atoms with Crippen molar-refractivity contribution < 1.29 is 9.53 Å². The molecule has 1 saturated carbocycles. The first-order chi connectivity index (χ1) is 6.34. The molecule has 0 N–H and O–H groups in total. The second-order valence-electron chi connectivity index (χ2n) is 5.11. The molecule has 80 valence electrons. The highest BCUT2D eigenvalue weighted by Gasteiger charge is 2.42. The van der Waals surface area contributed by atoms with E-state index >= 15 is 0 Å². The molecule has 1 aliphatic rings. The fourth-order valence-corrected chi connectivity index (χ4v) is 2.16. The highest BCUT2D eigenvalue weighted by Crippen LogP contribution is 2.43. The van der Waals surface area contributed by atoms with Gasteiger partial charge in [-0.3, -0.25) is 0 Å². The summed E-state index contributed by atoms with van der Waals surface area (Å²) in [6.07, 6.45) is 2.32. The summed E-state index contributed by atoms with van der Waals surface area (Å²) in [5.41, 5.74) is 0.602. The van der Waals surface area contributed by atoms with E-state index in [1.807, 2.05) is 0 Å². The van der Waals surface area contributed by atoms with Gasteiger partial charge in [-0.1, -0.05) is 27.4 Å². The molecular formula is C12H20O2. The summed E-state index contributed by atoms with van der Waals surface area (Å²) in [5.74, 6) is 0.213. The minimum atomic E-state index is -0.253. The van der Waals surface area contributed by atoms with Gasteiger partial charge in [0, 0.05) is 11.0 Å². The molecule has 0 aliphatic heterocycles. The molecule has 1 aliphatic carbocycles. The summed E-state index contributed by atoms with van der Waals surface area (Å²) in [4.78, 5) is 11.4. The van der Waals surface area contributed by atoms with Crippen molar-refractivity contribution in [2.45, 2.75) is 46.6 Å². The molecule has 0 aromatic heterocycles. The lowest BCUT2D eigenvalue weighted by Crippen LogP contribution is -2.32. The quantitative estimate of drug-likeness (QED) is 0.501. The SMILES string of the molecule is C=C(C)C(=O)OC1C(C)CCC1(C)C. The van der Waals surface area contributed by atoms with Crippen molar-refractivity contribution in [3.05, 3.63) is 12.2 Å². The zero-order valence-electron chi connectivity index (χ0n) is 9.59. The van der Waals surface area contributed by atoms with Gasteiger partial charge in [-0.05, 0) is 25.7 Å². The molecule has 2 heteroatoms. The normalized spacial score (nSPS) is 30.0. The van der Waals surface area contributed by atoms with E-state index in [1.54, 1.807) is 6.92 Å². The molecule has 0 bridgehead atoms. The lowest BCUT2D eigenvalue weighted by molar-refractivity contribution is -0.150. The molecule has 0 heterocycles. The van der Waals surface area contributed by atoms with E-state index in [2.05, 4.69) is 27.4 Å². The number of esters is 1. The van der Waals surface area contributed by atoms with Gasteiger partial charge in [-0.2, -0.15) is 0 Å². The van der Waals surface area contributed by atoms with Gasteiger partial charge < -0.3 is 4.74 Å². The molecule has 1 fully saturated rings. The fraction of sp³-hybridized carbons (Fsp3) is 0.750. The molecule has 2 atom stereocenters. The summed E-state index contributed by atoms with van der Waals surface area (Å²) in [5, 5.41) is 0. The number of carbonyl (C=O) groups excluding carboxylic acids is 1. The highest BCUT2D eigenvalue weighted by molar-refractivity contribution is 5.87. The van der Waals surface area contributed by atoms with Crippen LogP contribution in [0, 0.1) is 11.3 Å². The smallest absolute Gasteiger partial charge is 0.333 e. The van der Waals surface area contributed by atoms with Crippen molar-refractivity contribution in [2.24, 2.45) is 11.3 Å². The molecule has 14 heavy (non-hydrogen) atoms. The van der Waals surface area contributed by atoms with E-state index in [1.165, 1.54) is 0 Å². The lowest BCUT2D eigenvalue weighted by atomic mass is 9.87. The van der Waals surface area contributed by atoms with Gasteiger partial charge in [0.05, 0.1) is 0 Å². The van der Waals surface area contributed by atoms with Crippen LogP contribution >= 0.6 is 0 Å². The monoisotopic (exact) mass is 196 g/mol. The van der Waals surface area contributed by atoms with Crippen LogP contribution < -0.4 is 0 Å². The Morgan fingerprint density at radius 2 is 2.07 bits per heavy atom. The van der Waals surface area contributed by atoms with Crippen LogP contribution in [0.1, 0.15) is 40.5 Å². The summed E-state index contributed by atoms with van der Waals surface area (Å²) in [6.45, 7) is 11.7.